The largest absolute Gasteiger partial charge is 0.383 e. The van der Waals surface area contributed by atoms with E-state index in [-0.39, 0.29) is 6.04 Å². The standard InChI is InChI=1S/C14H24N2O/c1-4-11(9-17-3)16-10(2)8-12-13(15)6-5-7-14(12)16/h8,11,13H,4-7,9,15H2,1-3H3. The van der Waals surface area contributed by atoms with Gasteiger partial charge in [-0.15, -0.1) is 0 Å². The number of fused-ring (bicyclic) bond motifs is 1. The van der Waals surface area contributed by atoms with Crippen molar-refractivity contribution in [1.29, 1.82) is 0 Å². The highest BCUT2D eigenvalue weighted by Gasteiger charge is 2.24. The predicted molar refractivity (Wildman–Crippen MR) is 70.2 cm³/mol. The zero-order valence-corrected chi connectivity index (χ0v) is 11.2. The Bertz CT molecular complexity index is 384. The van der Waals surface area contributed by atoms with Crippen LogP contribution in [0.3, 0.4) is 0 Å². The highest BCUT2D eigenvalue weighted by molar-refractivity contribution is 5.33. The molecule has 2 N–H and O–H groups in total. The number of hydrogen-bond donors (Lipinski definition) is 1. The zero-order valence-electron chi connectivity index (χ0n) is 11.2. The summed E-state index contributed by atoms with van der Waals surface area (Å²) in [6.45, 7) is 5.19. The van der Waals surface area contributed by atoms with Crippen molar-refractivity contribution in [3.05, 3.63) is 23.0 Å². The summed E-state index contributed by atoms with van der Waals surface area (Å²) in [6.07, 6.45) is 4.60. The van der Waals surface area contributed by atoms with Crippen LogP contribution in [0, 0.1) is 6.92 Å². The van der Waals surface area contributed by atoms with Crippen LogP contribution in [-0.2, 0) is 11.2 Å². The van der Waals surface area contributed by atoms with Gasteiger partial charge in [-0.2, -0.15) is 0 Å². The number of aryl methyl sites for hydroxylation is 1. The summed E-state index contributed by atoms with van der Waals surface area (Å²) in [5.41, 5.74) is 10.3. The van der Waals surface area contributed by atoms with Crippen LogP contribution in [0.2, 0.25) is 0 Å². The van der Waals surface area contributed by atoms with Gasteiger partial charge in [-0.25, -0.2) is 0 Å². The molecule has 0 radical (unpaired) electrons. The summed E-state index contributed by atoms with van der Waals surface area (Å²) < 4.78 is 7.80. The second-order valence-corrected chi connectivity index (χ2v) is 5.07. The monoisotopic (exact) mass is 236 g/mol. The molecule has 0 saturated carbocycles. The number of aromatic nitrogens is 1. The molecule has 1 aliphatic rings. The molecule has 0 spiro atoms. The lowest BCUT2D eigenvalue weighted by Crippen LogP contribution is -2.22. The molecule has 17 heavy (non-hydrogen) atoms. The van der Waals surface area contributed by atoms with E-state index < -0.39 is 0 Å². The van der Waals surface area contributed by atoms with Gasteiger partial charge in [-0.3, -0.25) is 0 Å². The Labute approximate surface area is 104 Å². The Balaban J connectivity index is 2.39. The molecule has 3 heteroatoms. The second kappa shape index (κ2) is 5.23. The molecule has 1 aliphatic carbocycles. The Kier molecular flexibility index (Phi) is 3.89. The number of rotatable bonds is 4. The van der Waals surface area contributed by atoms with Crippen LogP contribution >= 0.6 is 0 Å². The summed E-state index contributed by atoms with van der Waals surface area (Å²) in [6, 6.07) is 2.96. The minimum absolute atomic E-state index is 0.235. The van der Waals surface area contributed by atoms with Crippen molar-refractivity contribution < 1.29 is 4.74 Å². The van der Waals surface area contributed by atoms with Gasteiger partial charge in [0.25, 0.3) is 0 Å². The minimum atomic E-state index is 0.235. The van der Waals surface area contributed by atoms with Crippen LogP contribution in [0.15, 0.2) is 6.07 Å². The van der Waals surface area contributed by atoms with Crippen molar-refractivity contribution in [2.45, 2.75) is 51.6 Å². The van der Waals surface area contributed by atoms with Crippen LogP contribution in [0.25, 0.3) is 0 Å². The minimum Gasteiger partial charge on any atom is -0.383 e. The first-order chi connectivity index (χ1) is 8.19. The Hall–Kier alpha value is -0.800. The zero-order chi connectivity index (χ0) is 12.4. The van der Waals surface area contributed by atoms with Crippen molar-refractivity contribution in [3.8, 4) is 0 Å². The summed E-state index contributed by atoms with van der Waals surface area (Å²) >= 11 is 0. The molecule has 0 aromatic carbocycles. The van der Waals surface area contributed by atoms with E-state index in [1.165, 1.54) is 23.4 Å². The molecule has 1 heterocycles. The van der Waals surface area contributed by atoms with E-state index in [9.17, 15) is 0 Å². The van der Waals surface area contributed by atoms with E-state index in [4.69, 9.17) is 10.5 Å². The fraction of sp³-hybridized carbons (Fsp3) is 0.714. The van der Waals surface area contributed by atoms with E-state index in [0.29, 0.717) is 6.04 Å². The number of nitrogens with zero attached hydrogens (tertiary/aromatic N) is 1. The number of ether oxygens (including phenoxy) is 1. The van der Waals surface area contributed by atoms with Gasteiger partial charge in [0.15, 0.2) is 0 Å². The number of hydrogen-bond acceptors (Lipinski definition) is 2. The number of nitrogens with two attached hydrogens (primary N) is 1. The van der Waals surface area contributed by atoms with Crippen molar-refractivity contribution in [1.82, 2.24) is 4.57 Å². The fourth-order valence-corrected chi connectivity index (χ4v) is 3.04. The fourth-order valence-electron chi connectivity index (χ4n) is 3.04. The molecule has 0 aliphatic heterocycles. The highest BCUT2D eigenvalue weighted by atomic mass is 16.5. The SMILES string of the molecule is CCC(COC)n1c(C)cc2c1CCCC2N. The third-order valence-electron chi connectivity index (χ3n) is 3.89. The van der Waals surface area contributed by atoms with Crippen molar-refractivity contribution in [2.24, 2.45) is 5.73 Å². The van der Waals surface area contributed by atoms with Crippen molar-refractivity contribution in [3.63, 3.8) is 0 Å². The molecule has 2 rings (SSSR count). The van der Waals surface area contributed by atoms with Gasteiger partial charge in [0, 0.05) is 24.5 Å². The van der Waals surface area contributed by atoms with Crippen molar-refractivity contribution in [2.75, 3.05) is 13.7 Å². The first-order valence-electron chi connectivity index (χ1n) is 6.64. The molecule has 1 aromatic rings. The third kappa shape index (κ3) is 2.26. The molecular weight excluding hydrogens is 212 g/mol. The van der Waals surface area contributed by atoms with Gasteiger partial charge in [0.05, 0.1) is 12.6 Å². The first kappa shape index (κ1) is 12.7. The van der Waals surface area contributed by atoms with E-state index in [1.807, 2.05) is 0 Å². The molecule has 96 valence electrons. The molecule has 0 saturated heterocycles. The smallest absolute Gasteiger partial charge is 0.0670 e. The third-order valence-corrected chi connectivity index (χ3v) is 3.89. The molecular formula is C14H24N2O. The van der Waals surface area contributed by atoms with Crippen LogP contribution in [0.5, 0.6) is 0 Å². The summed E-state index contributed by atoms with van der Waals surface area (Å²) in [5, 5.41) is 0. The highest BCUT2D eigenvalue weighted by Crippen LogP contribution is 2.33. The lowest BCUT2D eigenvalue weighted by atomic mass is 9.93. The molecule has 0 fully saturated rings. The van der Waals surface area contributed by atoms with Crippen LogP contribution in [-0.4, -0.2) is 18.3 Å². The average Bonchev–Trinajstić information content (AvgIpc) is 2.64. The van der Waals surface area contributed by atoms with Gasteiger partial charge in [0.2, 0.25) is 0 Å². The molecule has 0 bridgehead atoms. The van der Waals surface area contributed by atoms with Crippen LogP contribution in [0.1, 0.15) is 55.2 Å². The lowest BCUT2D eigenvalue weighted by Gasteiger charge is -2.25. The maximum Gasteiger partial charge on any atom is 0.0670 e. The second-order valence-electron chi connectivity index (χ2n) is 5.07. The maximum atomic E-state index is 6.20. The van der Waals surface area contributed by atoms with Crippen LogP contribution in [0.4, 0.5) is 0 Å². The van der Waals surface area contributed by atoms with Gasteiger partial charge in [-0.05, 0) is 44.2 Å². The van der Waals surface area contributed by atoms with Gasteiger partial charge >= 0.3 is 0 Å². The van der Waals surface area contributed by atoms with Crippen LogP contribution < -0.4 is 5.73 Å². The average molecular weight is 236 g/mol. The normalized spacial score (nSPS) is 21.3. The topological polar surface area (TPSA) is 40.2 Å². The van der Waals surface area contributed by atoms with Crippen molar-refractivity contribution >= 4 is 0 Å². The van der Waals surface area contributed by atoms with Gasteiger partial charge in [-0.1, -0.05) is 6.92 Å². The number of methoxy groups -OCH3 is 1. The molecule has 3 nitrogen and oxygen atoms in total. The molecule has 0 amide bonds. The lowest BCUT2D eigenvalue weighted by molar-refractivity contribution is 0.150. The molecule has 2 unspecified atom stereocenters. The van der Waals surface area contributed by atoms with E-state index >= 15 is 0 Å². The Morgan fingerprint density at radius 3 is 3.00 bits per heavy atom. The Morgan fingerprint density at radius 2 is 2.35 bits per heavy atom. The molecule has 2 atom stereocenters. The first-order valence-corrected chi connectivity index (χ1v) is 6.64. The van der Waals surface area contributed by atoms with E-state index in [0.717, 1.165) is 25.9 Å². The predicted octanol–water partition coefficient (Wildman–Crippen LogP) is 2.73. The summed E-state index contributed by atoms with van der Waals surface area (Å²) in [5.74, 6) is 0. The summed E-state index contributed by atoms with van der Waals surface area (Å²) in [7, 11) is 1.78. The van der Waals surface area contributed by atoms with E-state index in [1.54, 1.807) is 7.11 Å². The molecule has 1 aromatic heterocycles. The summed E-state index contributed by atoms with van der Waals surface area (Å²) in [4.78, 5) is 0. The maximum absolute atomic E-state index is 6.20. The quantitative estimate of drug-likeness (QED) is 0.873. The van der Waals surface area contributed by atoms with Gasteiger partial charge in [0.1, 0.15) is 0 Å². The van der Waals surface area contributed by atoms with Gasteiger partial charge < -0.3 is 15.0 Å². The Morgan fingerprint density at radius 1 is 1.59 bits per heavy atom. The van der Waals surface area contributed by atoms with E-state index in [2.05, 4.69) is 24.5 Å².